The van der Waals surface area contributed by atoms with Crippen molar-refractivity contribution in [2.75, 3.05) is 5.32 Å². The van der Waals surface area contributed by atoms with Crippen LogP contribution in [0.3, 0.4) is 0 Å². The molecule has 2 aromatic rings. The fourth-order valence-corrected chi connectivity index (χ4v) is 2.14. The highest BCUT2D eigenvalue weighted by molar-refractivity contribution is 9.10. The van der Waals surface area contributed by atoms with Crippen molar-refractivity contribution in [2.24, 2.45) is 0 Å². The molecule has 0 saturated carbocycles. The minimum atomic E-state index is -4.44. The molecule has 1 N–H and O–H groups in total. The number of benzene rings is 2. The summed E-state index contributed by atoms with van der Waals surface area (Å²) < 4.78 is 39.6. The maximum Gasteiger partial charge on any atom is 0.418 e. The Hall–Kier alpha value is -1.20. The molecule has 0 heterocycles. The molecule has 106 valence electrons. The molecule has 6 heteroatoms. The van der Waals surface area contributed by atoms with Crippen LogP contribution in [0.25, 0.3) is 0 Å². The summed E-state index contributed by atoms with van der Waals surface area (Å²) in [4.78, 5) is 0. The molecule has 0 spiro atoms. The summed E-state index contributed by atoms with van der Waals surface area (Å²) in [7, 11) is 0. The van der Waals surface area contributed by atoms with E-state index < -0.39 is 11.7 Å². The van der Waals surface area contributed by atoms with Crippen molar-refractivity contribution in [3.05, 3.63) is 63.1 Å². The van der Waals surface area contributed by atoms with Gasteiger partial charge >= 0.3 is 6.18 Å². The van der Waals surface area contributed by atoms with E-state index >= 15 is 0 Å². The molecule has 0 radical (unpaired) electrons. The van der Waals surface area contributed by atoms with Gasteiger partial charge in [-0.1, -0.05) is 39.7 Å². The largest absolute Gasteiger partial charge is 0.418 e. The van der Waals surface area contributed by atoms with E-state index in [9.17, 15) is 13.2 Å². The molecule has 0 unspecified atom stereocenters. The Bertz CT molecular complexity index is 596. The molecule has 0 aliphatic rings. The maximum absolute atomic E-state index is 12.9. The van der Waals surface area contributed by atoms with Crippen molar-refractivity contribution in [3.8, 4) is 0 Å². The fraction of sp³-hybridized carbons (Fsp3) is 0.143. The van der Waals surface area contributed by atoms with Gasteiger partial charge in [-0.15, -0.1) is 0 Å². The Labute approximate surface area is 127 Å². The van der Waals surface area contributed by atoms with Crippen molar-refractivity contribution in [3.63, 3.8) is 0 Å². The lowest BCUT2D eigenvalue weighted by atomic mass is 10.1. The number of alkyl halides is 3. The van der Waals surface area contributed by atoms with Gasteiger partial charge in [0.15, 0.2) is 0 Å². The summed E-state index contributed by atoms with van der Waals surface area (Å²) in [5, 5.41) is 2.85. The van der Waals surface area contributed by atoms with E-state index in [1.54, 1.807) is 0 Å². The lowest BCUT2D eigenvalue weighted by molar-refractivity contribution is -0.136. The molecule has 20 heavy (non-hydrogen) atoms. The van der Waals surface area contributed by atoms with Crippen LogP contribution in [0.4, 0.5) is 18.9 Å². The summed E-state index contributed by atoms with van der Waals surface area (Å²) in [6.07, 6.45) is -4.44. The third-order valence-corrected chi connectivity index (χ3v) is 3.45. The van der Waals surface area contributed by atoms with Gasteiger partial charge in [0.05, 0.1) is 5.56 Å². The van der Waals surface area contributed by atoms with Crippen LogP contribution >= 0.6 is 27.5 Å². The smallest absolute Gasteiger partial charge is 0.380 e. The molecule has 0 fully saturated rings. The predicted octanol–water partition coefficient (Wildman–Crippen LogP) is 5.73. The number of nitrogens with one attached hydrogen (secondary N) is 1. The van der Waals surface area contributed by atoms with Crippen molar-refractivity contribution in [1.82, 2.24) is 0 Å². The first-order chi connectivity index (χ1) is 9.36. The average Bonchev–Trinajstić information content (AvgIpc) is 2.38. The molecule has 0 aliphatic heterocycles. The van der Waals surface area contributed by atoms with Gasteiger partial charge in [0, 0.05) is 21.7 Å². The number of halogens is 5. The van der Waals surface area contributed by atoms with Crippen molar-refractivity contribution < 1.29 is 13.2 Å². The Morgan fingerprint density at radius 3 is 2.30 bits per heavy atom. The molecule has 0 aromatic heterocycles. The van der Waals surface area contributed by atoms with Gasteiger partial charge < -0.3 is 5.32 Å². The Kier molecular flexibility index (Phi) is 4.60. The Morgan fingerprint density at radius 2 is 1.70 bits per heavy atom. The minimum Gasteiger partial charge on any atom is -0.380 e. The number of hydrogen-bond donors (Lipinski definition) is 1. The van der Waals surface area contributed by atoms with Crippen LogP contribution in [0.2, 0.25) is 5.02 Å². The van der Waals surface area contributed by atoms with Crippen molar-refractivity contribution in [2.45, 2.75) is 12.7 Å². The molecule has 0 aliphatic carbocycles. The van der Waals surface area contributed by atoms with Crippen LogP contribution in [0, 0.1) is 0 Å². The molecule has 0 bridgehead atoms. The van der Waals surface area contributed by atoms with Gasteiger partial charge in [0.25, 0.3) is 0 Å². The van der Waals surface area contributed by atoms with Crippen molar-refractivity contribution in [1.29, 1.82) is 0 Å². The molecule has 2 aromatic carbocycles. The number of rotatable bonds is 3. The summed E-state index contributed by atoms with van der Waals surface area (Å²) in [5.74, 6) is 0. The van der Waals surface area contributed by atoms with Crippen LogP contribution < -0.4 is 5.32 Å². The zero-order valence-corrected chi connectivity index (χ0v) is 12.5. The zero-order chi connectivity index (χ0) is 14.8. The highest BCUT2D eigenvalue weighted by atomic mass is 79.9. The van der Waals surface area contributed by atoms with E-state index in [-0.39, 0.29) is 10.7 Å². The molecule has 0 amide bonds. The normalized spacial score (nSPS) is 11.4. The predicted molar refractivity (Wildman–Crippen MR) is 77.9 cm³/mol. The molecular weight excluding hydrogens is 355 g/mol. The molecule has 0 saturated heterocycles. The standard InChI is InChI=1S/C14H10BrClF3N/c15-10-3-1-9(2-4-10)8-20-13-6-5-11(16)7-12(13)14(17,18)19/h1-7,20H,8H2. The lowest BCUT2D eigenvalue weighted by Gasteiger charge is -2.15. The van der Waals surface area contributed by atoms with Gasteiger partial charge in [-0.05, 0) is 35.9 Å². The van der Waals surface area contributed by atoms with Gasteiger partial charge in [0.2, 0.25) is 0 Å². The summed E-state index contributed by atoms with van der Waals surface area (Å²) in [6.45, 7) is 0.304. The third kappa shape index (κ3) is 3.90. The Morgan fingerprint density at radius 1 is 1.05 bits per heavy atom. The van der Waals surface area contributed by atoms with Crippen LogP contribution in [0.15, 0.2) is 46.9 Å². The first kappa shape index (κ1) is 15.2. The van der Waals surface area contributed by atoms with Crippen LogP contribution in [0.1, 0.15) is 11.1 Å². The first-order valence-corrected chi connectivity index (χ1v) is 6.88. The monoisotopic (exact) mass is 363 g/mol. The van der Waals surface area contributed by atoms with E-state index in [1.165, 1.54) is 12.1 Å². The third-order valence-electron chi connectivity index (χ3n) is 2.68. The molecular formula is C14H10BrClF3N. The van der Waals surface area contributed by atoms with Crippen LogP contribution in [-0.4, -0.2) is 0 Å². The SMILES string of the molecule is FC(F)(F)c1cc(Cl)ccc1NCc1ccc(Br)cc1. The highest BCUT2D eigenvalue weighted by Crippen LogP contribution is 2.36. The average molecular weight is 365 g/mol. The quantitative estimate of drug-likeness (QED) is 0.733. The maximum atomic E-state index is 12.9. The first-order valence-electron chi connectivity index (χ1n) is 5.71. The molecule has 0 atom stereocenters. The zero-order valence-electron chi connectivity index (χ0n) is 10.1. The topological polar surface area (TPSA) is 12.0 Å². The van der Waals surface area contributed by atoms with Gasteiger partial charge in [-0.2, -0.15) is 13.2 Å². The van der Waals surface area contributed by atoms with Gasteiger partial charge in [0.1, 0.15) is 0 Å². The van der Waals surface area contributed by atoms with Gasteiger partial charge in [-0.3, -0.25) is 0 Å². The Balaban J connectivity index is 2.19. The second-order valence-corrected chi connectivity index (χ2v) is 5.52. The second-order valence-electron chi connectivity index (χ2n) is 4.17. The summed E-state index contributed by atoms with van der Waals surface area (Å²) in [6, 6.07) is 11.0. The lowest BCUT2D eigenvalue weighted by Crippen LogP contribution is -2.10. The van der Waals surface area contributed by atoms with E-state index in [0.29, 0.717) is 6.54 Å². The van der Waals surface area contributed by atoms with E-state index in [1.807, 2.05) is 24.3 Å². The second kappa shape index (κ2) is 6.06. The highest BCUT2D eigenvalue weighted by Gasteiger charge is 2.33. The van der Waals surface area contributed by atoms with E-state index in [0.717, 1.165) is 16.1 Å². The minimum absolute atomic E-state index is 0.0184. The number of anilines is 1. The van der Waals surface area contributed by atoms with Gasteiger partial charge in [-0.25, -0.2) is 0 Å². The van der Waals surface area contributed by atoms with Crippen LogP contribution in [-0.2, 0) is 12.7 Å². The summed E-state index contributed by atoms with van der Waals surface area (Å²) >= 11 is 8.93. The molecule has 2 rings (SSSR count). The van der Waals surface area contributed by atoms with Crippen LogP contribution in [0.5, 0.6) is 0 Å². The fourth-order valence-electron chi connectivity index (χ4n) is 1.70. The van der Waals surface area contributed by atoms with E-state index in [4.69, 9.17) is 11.6 Å². The molecule has 1 nitrogen and oxygen atoms in total. The summed E-state index contributed by atoms with van der Waals surface area (Å²) in [5.41, 5.74) is 0.142. The van der Waals surface area contributed by atoms with E-state index in [2.05, 4.69) is 21.2 Å². The van der Waals surface area contributed by atoms with Crippen molar-refractivity contribution >= 4 is 33.2 Å². The number of hydrogen-bond acceptors (Lipinski definition) is 1.